The summed E-state index contributed by atoms with van der Waals surface area (Å²) in [6.07, 6.45) is -2.56. The maximum atomic E-state index is 12.8. The van der Waals surface area contributed by atoms with Gasteiger partial charge in [-0.1, -0.05) is 6.92 Å². The monoisotopic (exact) mass is 320 g/mol. The van der Waals surface area contributed by atoms with Gasteiger partial charge in [-0.05, 0) is 31.4 Å². The fourth-order valence-corrected chi connectivity index (χ4v) is 1.92. The van der Waals surface area contributed by atoms with Gasteiger partial charge in [-0.25, -0.2) is 0 Å². The van der Waals surface area contributed by atoms with E-state index < -0.39 is 17.6 Å². The summed E-state index contributed by atoms with van der Waals surface area (Å²) in [5, 5.41) is 5.76. The van der Waals surface area contributed by atoms with Crippen LogP contribution < -0.4 is 10.6 Å². The number of benzene rings is 1. The van der Waals surface area contributed by atoms with Crippen molar-refractivity contribution in [2.45, 2.75) is 25.3 Å². The second-order valence-corrected chi connectivity index (χ2v) is 5.82. The molecule has 0 bridgehead atoms. The zero-order chi connectivity index (χ0) is 16.0. The first-order valence-corrected chi connectivity index (χ1v) is 7.84. The van der Waals surface area contributed by atoms with Gasteiger partial charge in [0, 0.05) is 24.0 Å². The third-order valence-electron chi connectivity index (χ3n) is 2.91. The van der Waals surface area contributed by atoms with Crippen LogP contribution in [0.3, 0.4) is 0 Å². The lowest BCUT2D eigenvalue weighted by atomic mass is 10.1. The Morgan fingerprint density at radius 2 is 2.05 bits per heavy atom. The molecule has 3 nitrogen and oxygen atoms in total. The molecule has 7 heteroatoms. The number of anilines is 1. The number of hydrogen-bond donors (Lipinski definition) is 2. The molecule has 2 N–H and O–H groups in total. The van der Waals surface area contributed by atoms with Gasteiger partial charge < -0.3 is 10.6 Å². The molecule has 21 heavy (non-hydrogen) atoms. The van der Waals surface area contributed by atoms with Crippen molar-refractivity contribution in [1.82, 2.24) is 5.32 Å². The second-order valence-electron chi connectivity index (χ2n) is 4.54. The standard InChI is InChI=1S/C14H19F3N2OS/c1-4-18-12-6-5-10(14(15,16)17)7-11(12)13(20)19-8-9(2)21-3/h5-7,9,18H,4,8H2,1-3H3,(H,19,20). The van der Waals surface area contributed by atoms with Crippen LogP contribution in [0.2, 0.25) is 0 Å². The third kappa shape index (κ3) is 5.15. The van der Waals surface area contributed by atoms with E-state index in [-0.39, 0.29) is 10.8 Å². The molecule has 1 aromatic rings. The Hall–Kier alpha value is -1.37. The zero-order valence-corrected chi connectivity index (χ0v) is 13.0. The fourth-order valence-electron chi connectivity index (χ4n) is 1.67. The van der Waals surface area contributed by atoms with E-state index in [1.165, 1.54) is 6.07 Å². The molecule has 1 unspecified atom stereocenters. The lowest BCUT2D eigenvalue weighted by molar-refractivity contribution is -0.137. The van der Waals surface area contributed by atoms with Crippen LogP contribution in [-0.4, -0.2) is 30.5 Å². The highest BCUT2D eigenvalue weighted by atomic mass is 32.2. The number of carbonyl (C=O) groups is 1. The molecule has 118 valence electrons. The van der Waals surface area contributed by atoms with Crippen molar-refractivity contribution in [1.29, 1.82) is 0 Å². The quantitative estimate of drug-likeness (QED) is 0.841. The van der Waals surface area contributed by atoms with Gasteiger partial charge in [-0.15, -0.1) is 0 Å². The van der Waals surface area contributed by atoms with E-state index in [0.717, 1.165) is 12.1 Å². The van der Waals surface area contributed by atoms with E-state index in [2.05, 4.69) is 10.6 Å². The van der Waals surface area contributed by atoms with Crippen molar-refractivity contribution in [3.8, 4) is 0 Å². The zero-order valence-electron chi connectivity index (χ0n) is 12.2. The summed E-state index contributed by atoms with van der Waals surface area (Å²) in [5.41, 5.74) is -0.410. The minimum absolute atomic E-state index is 0.0139. The van der Waals surface area contributed by atoms with Crippen molar-refractivity contribution < 1.29 is 18.0 Å². The van der Waals surface area contributed by atoms with Crippen LogP contribution >= 0.6 is 11.8 Å². The lowest BCUT2D eigenvalue weighted by Crippen LogP contribution is -2.30. The molecule has 1 atom stereocenters. The van der Waals surface area contributed by atoms with E-state index >= 15 is 0 Å². The van der Waals surface area contributed by atoms with Crippen LogP contribution in [0.5, 0.6) is 0 Å². The summed E-state index contributed by atoms with van der Waals surface area (Å²) in [7, 11) is 0. The molecular weight excluding hydrogens is 301 g/mol. The molecule has 1 rings (SSSR count). The van der Waals surface area contributed by atoms with Crippen molar-refractivity contribution >= 4 is 23.4 Å². The van der Waals surface area contributed by atoms with E-state index in [1.807, 2.05) is 20.1 Å². The smallest absolute Gasteiger partial charge is 0.385 e. The molecule has 0 fully saturated rings. The van der Waals surface area contributed by atoms with Gasteiger partial charge in [0.1, 0.15) is 0 Å². The first kappa shape index (κ1) is 17.7. The molecule has 0 heterocycles. The maximum absolute atomic E-state index is 12.8. The first-order chi connectivity index (χ1) is 9.79. The van der Waals surface area contributed by atoms with Gasteiger partial charge >= 0.3 is 6.18 Å². The number of nitrogens with one attached hydrogen (secondary N) is 2. The van der Waals surface area contributed by atoms with Crippen molar-refractivity contribution in [2.24, 2.45) is 0 Å². The molecule has 0 aliphatic rings. The summed E-state index contributed by atoms with van der Waals surface area (Å²) >= 11 is 1.57. The van der Waals surface area contributed by atoms with Crippen LogP contribution in [0.15, 0.2) is 18.2 Å². The Bertz CT molecular complexity index is 492. The molecule has 1 aromatic carbocycles. The Kier molecular flexibility index (Phi) is 6.39. The van der Waals surface area contributed by atoms with Crippen molar-refractivity contribution in [3.63, 3.8) is 0 Å². The van der Waals surface area contributed by atoms with Crippen LogP contribution in [0, 0.1) is 0 Å². The SMILES string of the molecule is CCNc1ccc(C(F)(F)F)cc1C(=O)NCC(C)SC. The van der Waals surface area contributed by atoms with E-state index in [0.29, 0.717) is 18.8 Å². The van der Waals surface area contributed by atoms with Gasteiger partial charge in [-0.2, -0.15) is 24.9 Å². The molecule has 0 aliphatic carbocycles. The summed E-state index contributed by atoms with van der Waals surface area (Å²) in [6, 6.07) is 3.15. The normalized spacial score (nSPS) is 12.9. The average Bonchev–Trinajstić information content (AvgIpc) is 2.43. The van der Waals surface area contributed by atoms with Gasteiger partial charge in [0.15, 0.2) is 0 Å². The summed E-state index contributed by atoms with van der Waals surface area (Å²) in [6.45, 7) is 4.67. The summed E-state index contributed by atoms with van der Waals surface area (Å²) in [5.74, 6) is -0.502. The van der Waals surface area contributed by atoms with E-state index in [1.54, 1.807) is 11.8 Å². The van der Waals surface area contributed by atoms with Crippen LogP contribution in [0.4, 0.5) is 18.9 Å². The molecule has 0 saturated carbocycles. The minimum atomic E-state index is -4.47. The Morgan fingerprint density at radius 3 is 2.57 bits per heavy atom. The number of thioether (sulfide) groups is 1. The molecule has 1 amide bonds. The maximum Gasteiger partial charge on any atom is 0.416 e. The molecular formula is C14H19F3N2OS. The van der Waals surface area contributed by atoms with Gasteiger partial charge in [0.2, 0.25) is 0 Å². The first-order valence-electron chi connectivity index (χ1n) is 6.55. The molecule has 0 aromatic heterocycles. The summed E-state index contributed by atoms with van der Waals surface area (Å²) < 4.78 is 38.3. The van der Waals surface area contributed by atoms with Crippen LogP contribution in [0.25, 0.3) is 0 Å². The minimum Gasteiger partial charge on any atom is -0.385 e. The van der Waals surface area contributed by atoms with Gasteiger partial charge in [0.05, 0.1) is 11.1 Å². The number of hydrogen-bond acceptors (Lipinski definition) is 3. The van der Waals surface area contributed by atoms with Crippen LogP contribution in [-0.2, 0) is 6.18 Å². The number of carbonyl (C=O) groups excluding carboxylic acids is 1. The van der Waals surface area contributed by atoms with Gasteiger partial charge in [0.25, 0.3) is 5.91 Å². The highest BCUT2D eigenvalue weighted by molar-refractivity contribution is 7.99. The number of alkyl halides is 3. The van der Waals surface area contributed by atoms with Crippen molar-refractivity contribution in [2.75, 3.05) is 24.7 Å². The molecule has 0 spiro atoms. The highest BCUT2D eigenvalue weighted by Gasteiger charge is 2.31. The van der Waals surface area contributed by atoms with E-state index in [9.17, 15) is 18.0 Å². The molecule has 0 saturated heterocycles. The Morgan fingerprint density at radius 1 is 1.38 bits per heavy atom. The van der Waals surface area contributed by atoms with Crippen molar-refractivity contribution in [3.05, 3.63) is 29.3 Å². The van der Waals surface area contributed by atoms with E-state index in [4.69, 9.17) is 0 Å². The number of halogens is 3. The average molecular weight is 320 g/mol. The second kappa shape index (κ2) is 7.59. The lowest BCUT2D eigenvalue weighted by Gasteiger charge is -2.15. The topological polar surface area (TPSA) is 41.1 Å². The predicted octanol–water partition coefficient (Wildman–Crippen LogP) is 3.62. The van der Waals surface area contributed by atoms with Gasteiger partial charge in [-0.3, -0.25) is 4.79 Å². The highest BCUT2D eigenvalue weighted by Crippen LogP contribution is 2.31. The number of rotatable bonds is 6. The Labute approximate surface area is 126 Å². The largest absolute Gasteiger partial charge is 0.416 e. The molecule has 0 radical (unpaired) electrons. The number of amides is 1. The Balaban J connectivity index is 3.02. The third-order valence-corrected chi connectivity index (χ3v) is 3.88. The molecule has 0 aliphatic heterocycles. The predicted molar refractivity (Wildman–Crippen MR) is 80.9 cm³/mol. The fraction of sp³-hybridized carbons (Fsp3) is 0.500. The summed E-state index contributed by atoms with van der Waals surface area (Å²) in [4.78, 5) is 12.1. The van der Waals surface area contributed by atoms with Crippen LogP contribution in [0.1, 0.15) is 29.8 Å².